The van der Waals surface area contributed by atoms with Crippen molar-refractivity contribution in [3.63, 3.8) is 0 Å². The molecular weight excluding hydrogens is 404 g/mol. The number of rotatable bonds is 1. The van der Waals surface area contributed by atoms with E-state index < -0.39 is 0 Å². The van der Waals surface area contributed by atoms with Crippen LogP contribution in [-0.2, 0) is 4.74 Å². The Balaban J connectivity index is 1.30. The van der Waals surface area contributed by atoms with Crippen molar-refractivity contribution in [1.82, 2.24) is 5.32 Å². The molecule has 11 atom stereocenters. The molecule has 6 rings (SSSR count). The second-order valence-electron chi connectivity index (χ2n) is 13.7. The smallest absolute Gasteiger partial charge is 0.0765 e. The lowest BCUT2D eigenvalue weighted by Gasteiger charge is -2.60. The van der Waals surface area contributed by atoms with Crippen LogP contribution in [-0.4, -0.2) is 30.3 Å². The molecule has 1 spiro atoms. The van der Waals surface area contributed by atoms with Gasteiger partial charge in [0, 0.05) is 18.0 Å². The van der Waals surface area contributed by atoms with Gasteiger partial charge in [-0.3, -0.25) is 0 Å². The maximum absolute atomic E-state index is 7.06. The van der Waals surface area contributed by atoms with Gasteiger partial charge in [-0.15, -0.1) is 6.58 Å². The molecule has 2 heterocycles. The lowest BCUT2D eigenvalue weighted by Crippen LogP contribution is -2.55. The molecule has 33 heavy (non-hydrogen) atoms. The molecule has 2 saturated heterocycles. The maximum atomic E-state index is 7.06. The Hall–Kier alpha value is -0.640. The van der Waals surface area contributed by atoms with Crippen LogP contribution in [0.5, 0.6) is 0 Å². The third-order valence-electron chi connectivity index (χ3n) is 12.3. The van der Waals surface area contributed by atoms with E-state index in [4.69, 9.17) is 10.5 Å². The van der Waals surface area contributed by atoms with E-state index in [1.165, 1.54) is 51.4 Å². The van der Waals surface area contributed by atoms with Gasteiger partial charge in [-0.25, -0.2) is 0 Å². The van der Waals surface area contributed by atoms with Crippen molar-refractivity contribution >= 4 is 0 Å². The largest absolute Gasteiger partial charge is 0.369 e. The number of hydrogen-bond donors (Lipinski definition) is 2. The molecule has 3 heteroatoms. The van der Waals surface area contributed by atoms with Crippen LogP contribution in [0.4, 0.5) is 0 Å². The third-order valence-corrected chi connectivity index (χ3v) is 12.3. The topological polar surface area (TPSA) is 47.3 Å². The van der Waals surface area contributed by atoms with Gasteiger partial charge in [-0.2, -0.15) is 0 Å². The first-order valence-electron chi connectivity index (χ1n) is 14.2. The Bertz CT molecular complexity index is 850. The first kappa shape index (κ1) is 22.8. The standard InChI is InChI=1S/C30H48N2O/c1-6-29-11-8-23-22-9-12-30(20(4)27-26(33-30)13-18(2)17-32-27)15-19(3)24(22)14-25(23)28(29,5)10-7-21(31)16-29/h6,18,20-23,25-27,32H,1,7-17,31H2,2-5H3/t18-,20+,21+,22?,23-,25?,26+,27?,28+,29+,30-/m0/s1. The van der Waals surface area contributed by atoms with E-state index in [9.17, 15) is 0 Å². The van der Waals surface area contributed by atoms with Crippen LogP contribution in [0.1, 0.15) is 91.9 Å². The van der Waals surface area contributed by atoms with Crippen molar-refractivity contribution < 1.29 is 4.74 Å². The molecule has 0 bridgehead atoms. The second-order valence-corrected chi connectivity index (χ2v) is 13.7. The zero-order chi connectivity index (χ0) is 23.2. The minimum Gasteiger partial charge on any atom is -0.369 e. The predicted molar refractivity (Wildman–Crippen MR) is 136 cm³/mol. The molecule has 2 aliphatic heterocycles. The Labute approximate surface area is 202 Å². The summed E-state index contributed by atoms with van der Waals surface area (Å²) in [6.07, 6.45) is 15.4. The molecule has 0 aromatic carbocycles. The lowest BCUT2D eigenvalue weighted by molar-refractivity contribution is -0.0895. The Morgan fingerprint density at radius 3 is 2.76 bits per heavy atom. The first-order valence-corrected chi connectivity index (χ1v) is 14.2. The van der Waals surface area contributed by atoms with Crippen LogP contribution in [0, 0.1) is 40.4 Å². The summed E-state index contributed by atoms with van der Waals surface area (Å²) >= 11 is 0. The minimum absolute atomic E-state index is 0.0599. The van der Waals surface area contributed by atoms with E-state index in [0.29, 0.717) is 29.5 Å². The average Bonchev–Trinajstić information content (AvgIpc) is 3.24. The zero-order valence-corrected chi connectivity index (χ0v) is 21.7. The lowest BCUT2D eigenvalue weighted by atomic mass is 9.44. The summed E-state index contributed by atoms with van der Waals surface area (Å²) in [7, 11) is 0. The number of hydrogen-bond acceptors (Lipinski definition) is 3. The van der Waals surface area contributed by atoms with Crippen LogP contribution in [0.25, 0.3) is 0 Å². The SMILES string of the molecule is C=C[C@]12CC[C@H]3C4CC[C@@]5(CC(C)=C4CC3[C@@]1(C)CC[C@@H](N)C2)O[C@@H]1C[C@H](C)CNC1[C@H]5C. The van der Waals surface area contributed by atoms with E-state index in [1.807, 2.05) is 5.57 Å². The summed E-state index contributed by atoms with van der Waals surface area (Å²) in [5.41, 5.74) is 10.7. The first-order chi connectivity index (χ1) is 15.7. The van der Waals surface area contributed by atoms with E-state index in [0.717, 1.165) is 43.1 Å². The third kappa shape index (κ3) is 3.10. The highest BCUT2D eigenvalue weighted by molar-refractivity contribution is 5.31. The van der Waals surface area contributed by atoms with Crippen LogP contribution < -0.4 is 11.1 Å². The summed E-state index contributed by atoms with van der Waals surface area (Å²) < 4.78 is 7.06. The summed E-state index contributed by atoms with van der Waals surface area (Å²) in [5.74, 6) is 3.80. The molecule has 3 nitrogen and oxygen atoms in total. The molecule has 0 amide bonds. The van der Waals surface area contributed by atoms with Gasteiger partial charge in [0.25, 0.3) is 0 Å². The number of allylic oxidation sites excluding steroid dienone is 2. The highest BCUT2D eigenvalue weighted by atomic mass is 16.5. The quantitative estimate of drug-likeness (QED) is 0.480. The molecule has 3 N–H and O–H groups in total. The average molecular weight is 453 g/mol. The van der Waals surface area contributed by atoms with Crippen molar-refractivity contribution in [2.75, 3.05) is 6.54 Å². The molecule has 6 aliphatic rings. The van der Waals surface area contributed by atoms with Gasteiger partial charge in [0.15, 0.2) is 0 Å². The fourth-order valence-electron chi connectivity index (χ4n) is 10.4. The Morgan fingerprint density at radius 2 is 1.97 bits per heavy atom. The van der Waals surface area contributed by atoms with Gasteiger partial charge >= 0.3 is 0 Å². The van der Waals surface area contributed by atoms with E-state index in [-0.39, 0.29) is 11.0 Å². The van der Waals surface area contributed by atoms with Crippen LogP contribution in [0.15, 0.2) is 23.8 Å². The van der Waals surface area contributed by atoms with Crippen molar-refractivity contribution in [2.45, 2.75) is 116 Å². The zero-order valence-electron chi connectivity index (χ0n) is 21.7. The van der Waals surface area contributed by atoms with Crippen LogP contribution in [0.3, 0.4) is 0 Å². The summed E-state index contributed by atoms with van der Waals surface area (Å²) in [4.78, 5) is 0. The fourth-order valence-corrected chi connectivity index (χ4v) is 10.4. The van der Waals surface area contributed by atoms with E-state index in [2.05, 4.69) is 45.7 Å². The predicted octanol–water partition coefficient (Wildman–Crippen LogP) is 5.99. The van der Waals surface area contributed by atoms with E-state index in [1.54, 1.807) is 5.57 Å². The van der Waals surface area contributed by atoms with Crippen LogP contribution >= 0.6 is 0 Å². The van der Waals surface area contributed by atoms with Gasteiger partial charge < -0.3 is 15.8 Å². The molecule has 184 valence electrons. The molecule has 3 unspecified atom stereocenters. The van der Waals surface area contributed by atoms with Gasteiger partial charge in [0.05, 0.1) is 11.7 Å². The van der Waals surface area contributed by atoms with Gasteiger partial charge in [0.2, 0.25) is 0 Å². The summed E-state index contributed by atoms with van der Waals surface area (Å²) in [5, 5.41) is 3.87. The van der Waals surface area contributed by atoms with Crippen molar-refractivity contribution in [3.8, 4) is 0 Å². The Morgan fingerprint density at radius 1 is 1.15 bits per heavy atom. The van der Waals surface area contributed by atoms with Crippen LogP contribution in [0.2, 0.25) is 0 Å². The minimum atomic E-state index is 0.0599. The van der Waals surface area contributed by atoms with Gasteiger partial charge in [0.1, 0.15) is 0 Å². The number of fused-ring (bicyclic) bond motifs is 6. The molecule has 0 radical (unpaired) electrons. The highest BCUT2D eigenvalue weighted by Gasteiger charge is 2.62. The molecule has 3 saturated carbocycles. The monoisotopic (exact) mass is 452 g/mol. The molecule has 4 aliphatic carbocycles. The summed E-state index contributed by atoms with van der Waals surface area (Å²) in [6.45, 7) is 15.5. The molecular formula is C30H48N2O. The van der Waals surface area contributed by atoms with Gasteiger partial charge in [-0.05, 0) is 112 Å². The molecule has 0 aromatic heterocycles. The van der Waals surface area contributed by atoms with Crippen molar-refractivity contribution in [2.24, 2.45) is 46.2 Å². The maximum Gasteiger partial charge on any atom is 0.0765 e. The normalized spacial score (nSPS) is 56.0. The Kier molecular flexibility index (Phi) is 5.30. The number of nitrogens with one attached hydrogen (secondary N) is 1. The summed E-state index contributed by atoms with van der Waals surface area (Å²) in [6, 6.07) is 0.916. The van der Waals surface area contributed by atoms with Gasteiger partial charge in [-0.1, -0.05) is 38.0 Å². The molecule has 5 fully saturated rings. The number of piperidine rings is 1. The highest BCUT2D eigenvalue weighted by Crippen LogP contribution is 2.69. The number of nitrogens with two attached hydrogens (primary N) is 1. The second kappa shape index (κ2) is 7.68. The van der Waals surface area contributed by atoms with Crippen molar-refractivity contribution in [1.29, 1.82) is 0 Å². The number of ether oxygens (including phenoxy) is 1. The van der Waals surface area contributed by atoms with E-state index >= 15 is 0 Å². The molecule has 0 aromatic rings. The van der Waals surface area contributed by atoms with Crippen molar-refractivity contribution in [3.05, 3.63) is 23.8 Å². The fraction of sp³-hybridized carbons (Fsp3) is 0.867.